The highest BCUT2D eigenvalue weighted by molar-refractivity contribution is 6.32. The van der Waals surface area contributed by atoms with Gasteiger partial charge in [-0.2, -0.15) is 0 Å². The monoisotopic (exact) mass is 367 g/mol. The lowest BCUT2D eigenvalue weighted by Crippen LogP contribution is -2.14. The summed E-state index contributed by atoms with van der Waals surface area (Å²) in [7, 11) is 0. The number of benzene rings is 1. The van der Waals surface area contributed by atoms with Gasteiger partial charge in [-0.05, 0) is 37.6 Å². The number of carbonyl (C=O) groups excluding carboxylic acids is 1. The maximum atomic E-state index is 12.4. The molecule has 3 aromatic rings. The normalized spacial score (nSPS) is 10.6. The first kappa shape index (κ1) is 17.9. The number of halogens is 1. The maximum absolute atomic E-state index is 12.4. The molecule has 0 atom stereocenters. The van der Waals surface area contributed by atoms with E-state index in [4.69, 9.17) is 16.3 Å². The van der Waals surface area contributed by atoms with Crippen LogP contribution >= 0.6 is 11.6 Å². The van der Waals surface area contributed by atoms with Gasteiger partial charge < -0.3 is 10.1 Å². The lowest BCUT2D eigenvalue weighted by molar-refractivity contribution is 0.102. The minimum absolute atomic E-state index is 0.0491. The molecule has 6 heteroatoms. The van der Waals surface area contributed by atoms with E-state index in [0.29, 0.717) is 22.3 Å². The van der Waals surface area contributed by atoms with Gasteiger partial charge in [0, 0.05) is 18.0 Å². The molecule has 0 saturated heterocycles. The van der Waals surface area contributed by atoms with Crippen LogP contribution in [-0.2, 0) is 0 Å². The van der Waals surface area contributed by atoms with Gasteiger partial charge in [-0.3, -0.25) is 4.79 Å². The van der Waals surface area contributed by atoms with Gasteiger partial charge in [0.1, 0.15) is 10.8 Å². The van der Waals surface area contributed by atoms with Crippen LogP contribution in [0.25, 0.3) is 11.1 Å². The molecule has 0 aliphatic carbocycles. The summed E-state index contributed by atoms with van der Waals surface area (Å²) in [6.07, 6.45) is 3.10. The molecule has 0 spiro atoms. The van der Waals surface area contributed by atoms with E-state index in [-0.39, 0.29) is 12.0 Å². The predicted molar refractivity (Wildman–Crippen MR) is 103 cm³/mol. The molecule has 0 unspecified atom stereocenters. The third kappa shape index (κ3) is 4.37. The zero-order valence-electron chi connectivity index (χ0n) is 14.4. The molecule has 0 aliphatic heterocycles. The van der Waals surface area contributed by atoms with Gasteiger partial charge in [0.15, 0.2) is 0 Å². The fourth-order valence-electron chi connectivity index (χ4n) is 2.32. The number of rotatable bonds is 5. The van der Waals surface area contributed by atoms with Gasteiger partial charge in [0.05, 0.1) is 11.7 Å². The second-order valence-corrected chi connectivity index (χ2v) is 6.34. The van der Waals surface area contributed by atoms with Crippen molar-refractivity contribution in [2.24, 2.45) is 0 Å². The highest BCUT2D eigenvalue weighted by Crippen LogP contribution is 2.24. The molecule has 1 aromatic carbocycles. The first-order chi connectivity index (χ1) is 12.5. The van der Waals surface area contributed by atoms with Crippen molar-refractivity contribution >= 4 is 23.3 Å². The van der Waals surface area contributed by atoms with E-state index in [2.05, 4.69) is 15.3 Å². The van der Waals surface area contributed by atoms with E-state index in [1.54, 1.807) is 12.3 Å². The van der Waals surface area contributed by atoms with Crippen LogP contribution < -0.4 is 10.1 Å². The first-order valence-electron chi connectivity index (χ1n) is 8.18. The summed E-state index contributed by atoms with van der Waals surface area (Å²) in [6, 6.07) is 15.1. The van der Waals surface area contributed by atoms with E-state index >= 15 is 0 Å². The number of ether oxygens (including phenoxy) is 1. The van der Waals surface area contributed by atoms with Crippen LogP contribution in [0.3, 0.4) is 0 Å². The summed E-state index contributed by atoms with van der Waals surface area (Å²) in [6.45, 7) is 3.76. The molecule has 0 radical (unpaired) electrons. The van der Waals surface area contributed by atoms with E-state index < -0.39 is 0 Å². The second-order valence-electron chi connectivity index (χ2n) is 5.93. The van der Waals surface area contributed by atoms with E-state index in [0.717, 1.165) is 11.1 Å². The van der Waals surface area contributed by atoms with Crippen molar-refractivity contribution in [2.75, 3.05) is 5.32 Å². The average Bonchev–Trinajstić information content (AvgIpc) is 2.64. The molecule has 0 aliphatic rings. The van der Waals surface area contributed by atoms with Gasteiger partial charge in [-0.1, -0.05) is 41.9 Å². The van der Waals surface area contributed by atoms with Gasteiger partial charge in [-0.15, -0.1) is 0 Å². The van der Waals surface area contributed by atoms with E-state index in [1.807, 2.05) is 50.2 Å². The molecule has 2 aromatic heterocycles. The topological polar surface area (TPSA) is 64.1 Å². The van der Waals surface area contributed by atoms with Gasteiger partial charge >= 0.3 is 0 Å². The second kappa shape index (κ2) is 7.97. The largest absolute Gasteiger partial charge is 0.474 e. The van der Waals surface area contributed by atoms with Crippen molar-refractivity contribution in [1.29, 1.82) is 0 Å². The van der Waals surface area contributed by atoms with Crippen LogP contribution in [0, 0.1) is 0 Å². The molecule has 5 nitrogen and oxygen atoms in total. The predicted octanol–water partition coefficient (Wildman–Crippen LogP) is 4.84. The molecule has 2 heterocycles. The Kier molecular flexibility index (Phi) is 5.49. The molecule has 1 amide bonds. The fraction of sp³-hybridized carbons (Fsp3) is 0.150. The zero-order valence-corrected chi connectivity index (χ0v) is 15.2. The summed E-state index contributed by atoms with van der Waals surface area (Å²) in [5.41, 5.74) is 2.37. The Morgan fingerprint density at radius 2 is 1.81 bits per heavy atom. The zero-order chi connectivity index (χ0) is 18.5. The Morgan fingerprint density at radius 1 is 1.04 bits per heavy atom. The molecule has 1 N–H and O–H groups in total. The third-order valence-electron chi connectivity index (χ3n) is 3.53. The third-order valence-corrected chi connectivity index (χ3v) is 3.80. The number of aromatic nitrogens is 2. The molecular weight excluding hydrogens is 350 g/mol. The quantitative estimate of drug-likeness (QED) is 0.701. The number of carbonyl (C=O) groups is 1. The molecule has 132 valence electrons. The SMILES string of the molecule is CC(C)Oc1ncc(C(=O)Nc2ccc(-c3ccccc3)cn2)cc1Cl. The summed E-state index contributed by atoms with van der Waals surface area (Å²) < 4.78 is 5.47. The highest BCUT2D eigenvalue weighted by Gasteiger charge is 2.12. The van der Waals surface area contributed by atoms with Crippen molar-refractivity contribution in [3.05, 3.63) is 71.5 Å². The Hall–Kier alpha value is -2.92. The van der Waals surface area contributed by atoms with E-state index in [9.17, 15) is 4.79 Å². The van der Waals surface area contributed by atoms with Crippen LogP contribution in [0.15, 0.2) is 60.9 Å². The molecule has 3 rings (SSSR count). The summed E-state index contributed by atoms with van der Waals surface area (Å²) >= 11 is 6.13. The van der Waals surface area contributed by atoms with Crippen LogP contribution in [0.4, 0.5) is 5.82 Å². The lowest BCUT2D eigenvalue weighted by atomic mass is 10.1. The number of nitrogens with one attached hydrogen (secondary N) is 1. The Morgan fingerprint density at radius 3 is 2.42 bits per heavy atom. The van der Waals surface area contributed by atoms with Gasteiger partial charge in [-0.25, -0.2) is 9.97 Å². The fourth-order valence-corrected chi connectivity index (χ4v) is 2.53. The molecule has 26 heavy (non-hydrogen) atoms. The first-order valence-corrected chi connectivity index (χ1v) is 8.56. The standard InChI is InChI=1S/C20H18ClN3O2/c1-13(2)26-20-17(21)10-16(12-23-20)19(25)24-18-9-8-15(11-22-18)14-6-4-3-5-7-14/h3-13H,1-2H3,(H,22,24,25). The van der Waals surface area contributed by atoms with Gasteiger partial charge in [0.2, 0.25) is 5.88 Å². The van der Waals surface area contributed by atoms with Crippen molar-refractivity contribution in [2.45, 2.75) is 20.0 Å². The Balaban J connectivity index is 1.71. The van der Waals surface area contributed by atoms with Crippen LogP contribution in [0.5, 0.6) is 5.88 Å². The number of hydrogen-bond acceptors (Lipinski definition) is 4. The molecule has 0 fully saturated rings. The number of amides is 1. The molecule has 0 bridgehead atoms. The summed E-state index contributed by atoms with van der Waals surface area (Å²) in [4.78, 5) is 20.8. The van der Waals surface area contributed by atoms with Crippen LogP contribution in [-0.4, -0.2) is 22.0 Å². The lowest BCUT2D eigenvalue weighted by Gasteiger charge is -2.11. The van der Waals surface area contributed by atoms with Crippen molar-refractivity contribution in [3.8, 4) is 17.0 Å². The van der Waals surface area contributed by atoms with Crippen molar-refractivity contribution in [1.82, 2.24) is 9.97 Å². The van der Waals surface area contributed by atoms with Crippen LogP contribution in [0.1, 0.15) is 24.2 Å². The van der Waals surface area contributed by atoms with Crippen LogP contribution in [0.2, 0.25) is 5.02 Å². The molecule has 0 saturated carbocycles. The number of anilines is 1. The summed E-state index contributed by atoms with van der Waals surface area (Å²) in [5.74, 6) is 0.423. The highest BCUT2D eigenvalue weighted by atomic mass is 35.5. The minimum atomic E-state index is -0.338. The smallest absolute Gasteiger partial charge is 0.258 e. The number of hydrogen-bond donors (Lipinski definition) is 1. The Labute approximate surface area is 157 Å². The average molecular weight is 368 g/mol. The Bertz CT molecular complexity index is 897. The summed E-state index contributed by atoms with van der Waals surface area (Å²) in [5, 5.41) is 3.03. The van der Waals surface area contributed by atoms with Crippen molar-refractivity contribution in [3.63, 3.8) is 0 Å². The van der Waals surface area contributed by atoms with Gasteiger partial charge in [0.25, 0.3) is 5.91 Å². The maximum Gasteiger partial charge on any atom is 0.258 e. The molecular formula is C20H18ClN3O2. The van der Waals surface area contributed by atoms with E-state index in [1.165, 1.54) is 12.3 Å². The minimum Gasteiger partial charge on any atom is -0.474 e. The number of pyridine rings is 2. The van der Waals surface area contributed by atoms with Crippen molar-refractivity contribution < 1.29 is 9.53 Å². The number of nitrogens with zero attached hydrogens (tertiary/aromatic N) is 2.